The first-order valence-corrected chi connectivity index (χ1v) is 11.8. The Hall–Kier alpha value is -3.81. The first-order chi connectivity index (χ1) is 17.4. The Balaban J connectivity index is 1.26. The van der Waals surface area contributed by atoms with Gasteiger partial charge in [-0.1, -0.05) is 40.5 Å². The summed E-state index contributed by atoms with van der Waals surface area (Å²) in [6.45, 7) is 0.300. The largest absolute Gasteiger partial charge is 0.493 e. The van der Waals surface area contributed by atoms with Crippen molar-refractivity contribution in [1.82, 2.24) is 5.16 Å². The van der Waals surface area contributed by atoms with Gasteiger partial charge in [0.15, 0.2) is 5.78 Å². The van der Waals surface area contributed by atoms with Crippen molar-refractivity contribution >= 4 is 35.0 Å². The number of nitrogens with zero attached hydrogens (tertiary/aromatic N) is 1. The molecule has 1 unspecified atom stereocenters. The zero-order valence-corrected chi connectivity index (χ0v) is 20.3. The molecule has 1 aliphatic rings. The van der Waals surface area contributed by atoms with Crippen LogP contribution in [0.15, 0.2) is 71.3 Å². The summed E-state index contributed by atoms with van der Waals surface area (Å²) in [4.78, 5) is 24.3. The first-order valence-electron chi connectivity index (χ1n) is 11.1. The van der Waals surface area contributed by atoms with Crippen molar-refractivity contribution in [2.45, 2.75) is 18.8 Å². The zero-order chi connectivity index (χ0) is 25.2. The van der Waals surface area contributed by atoms with E-state index in [1.165, 1.54) is 0 Å². The Bertz CT molecular complexity index is 1430. The van der Waals surface area contributed by atoms with Gasteiger partial charge in [-0.05, 0) is 48.9 Å². The number of fused-ring (bicyclic) bond motifs is 1. The number of carboxylic acid groups (broad SMARTS) is 1. The second-order valence-electron chi connectivity index (χ2n) is 8.26. The van der Waals surface area contributed by atoms with E-state index in [2.05, 4.69) is 5.16 Å². The number of Topliss-reactive ketones (excluding diaryl/α,β-unsaturated/α-hetero) is 1. The molecular formula is C27H19Cl2NO6. The number of hydrogen-bond donors (Lipinski definition) is 1. The molecular weight excluding hydrogens is 505 g/mol. The molecule has 36 heavy (non-hydrogen) atoms. The van der Waals surface area contributed by atoms with E-state index in [-0.39, 0.29) is 17.2 Å². The molecule has 0 fully saturated rings. The van der Waals surface area contributed by atoms with Gasteiger partial charge in [0.05, 0.1) is 24.0 Å². The number of ketones is 1. The Morgan fingerprint density at radius 3 is 2.50 bits per heavy atom. The van der Waals surface area contributed by atoms with Crippen LogP contribution >= 0.6 is 23.2 Å². The average Bonchev–Trinajstić information content (AvgIpc) is 3.33. The molecule has 0 saturated heterocycles. The molecule has 1 N–H and O–H groups in total. The van der Waals surface area contributed by atoms with E-state index >= 15 is 0 Å². The van der Waals surface area contributed by atoms with Crippen LogP contribution in [0.3, 0.4) is 0 Å². The van der Waals surface area contributed by atoms with Gasteiger partial charge in [0.2, 0.25) is 0 Å². The van der Waals surface area contributed by atoms with Crippen molar-refractivity contribution in [2.75, 3.05) is 6.61 Å². The highest BCUT2D eigenvalue weighted by Crippen LogP contribution is 2.41. The van der Waals surface area contributed by atoms with E-state index in [9.17, 15) is 14.7 Å². The maximum Gasteiger partial charge on any atom is 0.311 e. The fourth-order valence-corrected chi connectivity index (χ4v) is 4.31. The number of aromatic nitrogens is 1. The van der Waals surface area contributed by atoms with Gasteiger partial charge >= 0.3 is 5.97 Å². The summed E-state index contributed by atoms with van der Waals surface area (Å²) in [5.41, 5.74) is 2.47. The van der Waals surface area contributed by atoms with Crippen LogP contribution in [-0.4, -0.2) is 28.6 Å². The van der Waals surface area contributed by atoms with Gasteiger partial charge in [0.25, 0.3) is 0 Å². The Morgan fingerprint density at radius 1 is 1.03 bits per heavy atom. The highest BCUT2D eigenvalue weighted by atomic mass is 35.5. The summed E-state index contributed by atoms with van der Waals surface area (Å²) >= 11 is 12.3. The number of halogens is 2. The SMILES string of the molecule is O=C(Cc1cc(-c2ccc(Cl)cc2)no1)c1ccc(Oc2cc3c(cc2Cl)C(C(=O)O)CCO3)cc1. The maximum absolute atomic E-state index is 12.7. The lowest BCUT2D eigenvalue weighted by Gasteiger charge is -2.24. The second kappa shape index (κ2) is 10.0. The van der Waals surface area contributed by atoms with E-state index in [1.807, 2.05) is 12.1 Å². The van der Waals surface area contributed by atoms with Crippen LogP contribution in [0.1, 0.15) is 34.0 Å². The molecule has 182 valence electrons. The van der Waals surface area contributed by atoms with Crippen LogP contribution in [0.5, 0.6) is 17.2 Å². The molecule has 1 aromatic heterocycles. The van der Waals surface area contributed by atoms with E-state index in [0.29, 0.717) is 57.9 Å². The number of ether oxygens (including phenoxy) is 2. The molecule has 1 atom stereocenters. The fraction of sp³-hybridized carbons (Fsp3) is 0.148. The molecule has 5 rings (SSSR count). The third-order valence-corrected chi connectivity index (χ3v) is 6.39. The quantitative estimate of drug-likeness (QED) is 0.265. The highest BCUT2D eigenvalue weighted by Gasteiger charge is 2.29. The predicted octanol–water partition coefficient (Wildman–Crippen LogP) is 6.82. The van der Waals surface area contributed by atoms with Crippen LogP contribution in [0.25, 0.3) is 11.3 Å². The third-order valence-electron chi connectivity index (χ3n) is 5.84. The van der Waals surface area contributed by atoms with Crippen molar-refractivity contribution in [3.63, 3.8) is 0 Å². The molecule has 3 aromatic carbocycles. The van der Waals surface area contributed by atoms with Crippen molar-refractivity contribution in [2.24, 2.45) is 0 Å². The molecule has 9 heteroatoms. The van der Waals surface area contributed by atoms with Crippen molar-refractivity contribution in [1.29, 1.82) is 0 Å². The van der Waals surface area contributed by atoms with Gasteiger partial charge in [-0.25, -0.2) is 0 Å². The minimum absolute atomic E-state index is 0.0551. The molecule has 4 aromatic rings. The summed E-state index contributed by atoms with van der Waals surface area (Å²) < 4.78 is 16.8. The van der Waals surface area contributed by atoms with Crippen molar-refractivity contribution in [3.8, 4) is 28.5 Å². The lowest BCUT2D eigenvalue weighted by molar-refractivity contribution is -0.139. The molecule has 0 radical (unpaired) electrons. The molecule has 0 amide bonds. The van der Waals surface area contributed by atoms with Crippen LogP contribution < -0.4 is 9.47 Å². The molecule has 1 aliphatic heterocycles. The minimum atomic E-state index is -0.920. The van der Waals surface area contributed by atoms with Crippen molar-refractivity contribution in [3.05, 3.63) is 93.7 Å². The summed E-state index contributed by atoms with van der Waals surface area (Å²) in [6.07, 6.45) is 0.435. The molecule has 0 saturated carbocycles. The van der Waals surface area contributed by atoms with E-state index in [0.717, 1.165) is 5.56 Å². The Morgan fingerprint density at radius 2 is 1.78 bits per heavy atom. The van der Waals surface area contributed by atoms with E-state index in [1.54, 1.807) is 54.6 Å². The number of aliphatic carboxylic acids is 1. The van der Waals surface area contributed by atoms with Crippen LogP contribution in [0.4, 0.5) is 0 Å². The first kappa shape index (κ1) is 23.9. The Labute approximate surface area is 216 Å². The maximum atomic E-state index is 12.7. The van der Waals surface area contributed by atoms with Crippen LogP contribution in [-0.2, 0) is 11.2 Å². The monoisotopic (exact) mass is 523 g/mol. The van der Waals surface area contributed by atoms with Gasteiger partial charge in [-0.3, -0.25) is 9.59 Å². The van der Waals surface area contributed by atoms with E-state index < -0.39 is 11.9 Å². The number of carbonyl (C=O) groups is 2. The fourth-order valence-electron chi connectivity index (χ4n) is 3.97. The van der Waals surface area contributed by atoms with Crippen LogP contribution in [0, 0.1) is 0 Å². The number of carbonyl (C=O) groups excluding carboxylic acids is 1. The lowest BCUT2D eigenvalue weighted by atomic mass is 9.93. The van der Waals surface area contributed by atoms with Gasteiger partial charge < -0.3 is 19.1 Å². The molecule has 0 aliphatic carbocycles. The van der Waals surface area contributed by atoms with Gasteiger partial charge in [-0.15, -0.1) is 0 Å². The third kappa shape index (κ3) is 5.08. The van der Waals surface area contributed by atoms with Gasteiger partial charge in [0.1, 0.15) is 28.7 Å². The molecule has 0 spiro atoms. The predicted molar refractivity (Wildman–Crippen MR) is 133 cm³/mol. The topological polar surface area (TPSA) is 98.9 Å². The van der Waals surface area contributed by atoms with Gasteiger partial charge in [0, 0.05) is 33.8 Å². The molecule has 2 heterocycles. The number of rotatable bonds is 7. The molecule has 7 nitrogen and oxygen atoms in total. The highest BCUT2D eigenvalue weighted by molar-refractivity contribution is 6.32. The Kier molecular flexibility index (Phi) is 6.67. The standard InChI is InChI=1S/C27H19Cl2NO6/c28-17-5-1-15(2-6-17)23-11-19(36-30-23)12-24(31)16-3-7-18(8-4-16)35-26-14-25-21(13-22(26)29)20(27(32)33)9-10-34-25/h1-8,11,13-14,20H,9-10,12H2,(H,32,33). The average molecular weight is 524 g/mol. The number of hydrogen-bond acceptors (Lipinski definition) is 6. The summed E-state index contributed by atoms with van der Waals surface area (Å²) in [7, 11) is 0. The summed E-state index contributed by atoms with van der Waals surface area (Å²) in [5.74, 6) is -0.0511. The number of benzene rings is 3. The summed E-state index contributed by atoms with van der Waals surface area (Å²) in [6, 6.07) is 18.7. The minimum Gasteiger partial charge on any atom is -0.493 e. The lowest BCUT2D eigenvalue weighted by Crippen LogP contribution is -2.20. The summed E-state index contributed by atoms with van der Waals surface area (Å²) in [5, 5.41) is 14.4. The smallest absolute Gasteiger partial charge is 0.311 e. The zero-order valence-electron chi connectivity index (χ0n) is 18.7. The number of carboxylic acids is 1. The second-order valence-corrected chi connectivity index (χ2v) is 9.10. The molecule has 0 bridgehead atoms. The van der Waals surface area contributed by atoms with E-state index in [4.69, 9.17) is 37.2 Å². The van der Waals surface area contributed by atoms with Gasteiger partial charge in [-0.2, -0.15) is 0 Å². The van der Waals surface area contributed by atoms with Crippen LogP contribution in [0.2, 0.25) is 10.0 Å². The van der Waals surface area contributed by atoms with Crippen molar-refractivity contribution < 1.29 is 28.7 Å². The normalized spacial score (nSPS) is 14.6.